The summed E-state index contributed by atoms with van der Waals surface area (Å²) in [6.45, 7) is 5.17. The summed E-state index contributed by atoms with van der Waals surface area (Å²) in [5, 5.41) is 4.34. The molecule has 0 radical (unpaired) electrons. The van der Waals surface area contributed by atoms with Crippen molar-refractivity contribution in [2.45, 2.75) is 38.6 Å². The van der Waals surface area contributed by atoms with Crippen LogP contribution in [-0.4, -0.2) is 34.3 Å². The molecule has 0 bridgehead atoms. The normalized spacial score (nSPS) is 20.2. The van der Waals surface area contributed by atoms with E-state index in [1.54, 1.807) is 0 Å². The third-order valence-electron chi connectivity index (χ3n) is 3.94. The van der Waals surface area contributed by atoms with Crippen LogP contribution in [0.15, 0.2) is 6.20 Å². The van der Waals surface area contributed by atoms with E-state index in [0.29, 0.717) is 12.6 Å². The van der Waals surface area contributed by atoms with Crippen molar-refractivity contribution in [2.24, 2.45) is 12.8 Å². The molecule has 0 spiro atoms. The second-order valence-corrected chi connectivity index (χ2v) is 5.01. The van der Waals surface area contributed by atoms with Gasteiger partial charge in [0, 0.05) is 24.8 Å². The summed E-state index contributed by atoms with van der Waals surface area (Å²) in [6.07, 6.45) is 7.31. The number of aromatic nitrogens is 2. The van der Waals surface area contributed by atoms with Crippen LogP contribution in [0.5, 0.6) is 0 Å². The molecule has 0 saturated carbocycles. The highest BCUT2D eigenvalue weighted by Gasteiger charge is 2.23. The summed E-state index contributed by atoms with van der Waals surface area (Å²) in [7, 11) is 1.99. The molecule has 1 aromatic rings. The fourth-order valence-corrected chi connectivity index (χ4v) is 2.72. The largest absolute Gasteiger partial charge is 0.329 e. The molecule has 96 valence electrons. The van der Waals surface area contributed by atoms with E-state index in [-0.39, 0.29) is 0 Å². The summed E-state index contributed by atoms with van der Waals surface area (Å²) in [5.74, 6) is 0. The predicted molar refractivity (Wildman–Crippen MR) is 69.8 cm³/mol. The topological polar surface area (TPSA) is 47.1 Å². The molecule has 0 aromatic carbocycles. The molecule has 1 unspecified atom stereocenters. The van der Waals surface area contributed by atoms with Crippen molar-refractivity contribution in [1.29, 1.82) is 0 Å². The first kappa shape index (κ1) is 12.6. The van der Waals surface area contributed by atoms with E-state index in [0.717, 1.165) is 0 Å². The SMILES string of the molecule is Cc1c(C(CN)N2CCCCCC2)cnn1C. The molecule has 4 nitrogen and oxygen atoms in total. The molecule has 1 saturated heterocycles. The lowest BCUT2D eigenvalue weighted by Crippen LogP contribution is -2.34. The Bertz CT molecular complexity index is 350. The molecular weight excluding hydrogens is 212 g/mol. The zero-order chi connectivity index (χ0) is 12.3. The first-order valence-electron chi connectivity index (χ1n) is 6.66. The lowest BCUT2D eigenvalue weighted by molar-refractivity contribution is 0.209. The van der Waals surface area contributed by atoms with Crippen LogP contribution in [0, 0.1) is 6.92 Å². The zero-order valence-electron chi connectivity index (χ0n) is 11.0. The Morgan fingerprint density at radius 1 is 1.29 bits per heavy atom. The first-order chi connectivity index (χ1) is 8.24. The van der Waals surface area contributed by atoms with Crippen molar-refractivity contribution in [3.05, 3.63) is 17.5 Å². The lowest BCUT2D eigenvalue weighted by Gasteiger charge is -2.29. The summed E-state index contributed by atoms with van der Waals surface area (Å²) in [5.41, 5.74) is 8.53. The third kappa shape index (κ3) is 2.69. The Hall–Kier alpha value is -0.870. The highest BCUT2D eigenvalue weighted by atomic mass is 15.3. The molecule has 1 aromatic heterocycles. The number of hydrogen-bond acceptors (Lipinski definition) is 3. The molecule has 0 aliphatic carbocycles. The van der Waals surface area contributed by atoms with Gasteiger partial charge in [-0.15, -0.1) is 0 Å². The molecule has 2 N–H and O–H groups in total. The number of nitrogens with zero attached hydrogens (tertiary/aromatic N) is 3. The molecule has 2 heterocycles. The maximum absolute atomic E-state index is 5.99. The van der Waals surface area contributed by atoms with Crippen LogP contribution in [0.3, 0.4) is 0 Å². The van der Waals surface area contributed by atoms with Crippen molar-refractivity contribution in [3.63, 3.8) is 0 Å². The van der Waals surface area contributed by atoms with E-state index in [9.17, 15) is 0 Å². The van der Waals surface area contributed by atoms with Gasteiger partial charge in [0.05, 0.1) is 12.2 Å². The molecule has 0 amide bonds. The minimum Gasteiger partial charge on any atom is -0.329 e. The van der Waals surface area contributed by atoms with Gasteiger partial charge in [-0.25, -0.2) is 0 Å². The second kappa shape index (κ2) is 5.65. The standard InChI is InChI=1S/C13H24N4/c1-11-12(10-15-16(11)2)13(9-14)17-7-5-3-4-6-8-17/h10,13H,3-9,14H2,1-2H3. The van der Waals surface area contributed by atoms with Gasteiger partial charge in [-0.3, -0.25) is 9.58 Å². The molecule has 1 aliphatic heterocycles. The monoisotopic (exact) mass is 236 g/mol. The van der Waals surface area contributed by atoms with E-state index in [1.165, 1.54) is 50.0 Å². The summed E-state index contributed by atoms with van der Waals surface area (Å²) in [4.78, 5) is 2.54. The fraction of sp³-hybridized carbons (Fsp3) is 0.769. The molecule has 17 heavy (non-hydrogen) atoms. The van der Waals surface area contributed by atoms with Crippen molar-refractivity contribution in [2.75, 3.05) is 19.6 Å². The number of rotatable bonds is 3. The van der Waals surface area contributed by atoms with Crippen LogP contribution in [0.25, 0.3) is 0 Å². The van der Waals surface area contributed by atoms with E-state index >= 15 is 0 Å². The minimum absolute atomic E-state index is 0.349. The zero-order valence-corrected chi connectivity index (χ0v) is 11.0. The molecular formula is C13H24N4. The Morgan fingerprint density at radius 3 is 2.41 bits per heavy atom. The summed E-state index contributed by atoms with van der Waals surface area (Å²) >= 11 is 0. The van der Waals surface area contributed by atoms with Crippen molar-refractivity contribution < 1.29 is 0 Å². The maximum atomic E-state index is 5.99. The number of aryl methyl sites for hydroxylation is 1. The fourth-order valence-electron chi connectivity index (χ4n) is 2.72. The second-order valence-electron chi connectivity index (χ2n) is 5.01. The van der Waals surface area contributed by atoms with Crippen LogP contribution in [-0.2, 0) is 7.05 Å². The van der Waals surface area contributed by atoms with Crippen LogP contribution in [0.4, 0.5) is 0 Å². The van der Waals surface area contributed by atoms with Gasteiger partial charge in [0.15, 0.2) is 0 Å². The van der Waals surface area contributed by atoms with Crippen molar-refractivity contribution in [3.8, 4) is 0 Å². The molecule has 2 rings (SSSR count). The van der Waals surface area contributed by atoms with Crippen molar-refractivity contribution in [1.82, 2.24) is 14.7 Å². The summed E-state index contributed by atoms with van der Waals surface area (Å²) < 4.78 is 1.94. The molecule has 4 heteroatoms. The first-order valence-corrected chi connectivity index (χ1v) is 6.66. The summed E-state index contributed by atoms with van der Waals surface area (Å²) in [6, 6.07) is 0.349. The van der Waals surface area contributed by atoms with Gasteiger partial charge in [-0.2, -0.15) is 5.10 Å². The van der Waals surface area contributed by atoms with Crippen LogP contribution in [0.1, 0.15) is 43.0 Å². The van der Waals surface area contributed by atoms with Crippen LogP contribution >= 0.6 is 0 Å². The number of hydrogen-bond donors (Lipinski definition) is 1. The van der Waals surface area contributed by atoms with Gasteiger partial charge in [0.25, 0.3) is 0 Å². The van der Waals surface area contributed by atoms with Crippen LogP contribution in [0.2, 0.25) is 0 Å². The van der Waals surface area contributed by atoms with E-state index in [4.69, 9.17) is 5.73 Å². The third-order valence-corrected chi connectivity index (χ3v) is 3.94. The van der Waals surface area contributed by atoms with Gasteiger partial charge in [-0.05, 0) is 32.9 Å². The number of nitrogens with two attached hydrogens (primary N) is 1. The van der Waals surface area contributed by atoms with Gasteiger partial charge >= 0.3 is 0 Å². The highest BCUT2D eigenvalue weighted by Crippen LogP contribution is 2.25. The lowest BCUT2D eigenvalue weighted by atomic mass is 10.1. The molecule has 1 fully saturated rings. The highest BCUT2D eigenvalue weighted by molar-refractivity contribution is 5.21. The maximum Gasteiger partial charge on any atom is 0.0540 e. The Labute approximate surface area is 104 Å². The minimum atomic E-state index is 0.349. The average Bonchev–Trinajstić information content (AvgIpc) is 2.59. The van der Waals surface area contributed by atoms with Crippen LogP contribution < -0.4 is 5.73 Å². The van der Waals surface area contributed by atoms with E-state index in [2.05, 4.69) is 16.9 Å². The van der Waals surface area contributed by atoms with Gasteiger partial charge < -0.3 is 5.73 Å². The van der Waals surface area contributed by atoms with E-state index < -0.39 is 0 Å². The van der Waals surface area contributed by atoms with Crippen molar-refractivity contribution >= 4 is 0 Å². The van der Waals surface area contributed by atoms with Gasteiger partial charge in [-0.1, -0.05) is 12.8 Å². The smallest absolute Gasteiger partial charge is 0.0540 e. The Balaban J connectivity index is 2.17. The Morgan fingerprint density at radius 2 is 1.94 bits per heavy atom. The van der Waals surface area contributed by atoms with Gasteiger partial charge in [0.1, 0.15) is 0 Å². The predicted octanol–water partition coefficient (Wildman–Crippen LogP) is 1.60. The average molecular weight is 236 g/mol. The number of likely N-dealkylation sites (tertiary alicyclic amines) is 1. The Kier molecular flexibility index (Phi) is 4.18. The quantitative estimate of drug-likeness (QED) is 0.867. The van der Waals surface area contributed by atoms with E-state index in [1.807, 2.05) is 17.9 Å². The van der Waals surface area contributed by atoms with Gasteiger partial charge in [0.2, 0.25) is 0 Å². The molecule has 1 atom stereocenters. The molecule has 1 aliphatic rings.